The minimum Gasteiger partial charge on any atom is -0.480 e. The van der Waals surface area contributed by atoms with E-state index < -0.39 is 17.4 Å². The molecule has 2 rings (SSSR count). The van der Waals surface area contributed by atoms with Crippen molar-refractivity contribution in [2.24, 2.45) is 0 Å². The Balaban J connectivity index is 2.22. The highest BCUT2D eigenvalue weighted by Gasteiger charge is 2.47. The minimum absolute atomic E-state index is 0.0522. The Morgan fingerprint density at radius 2 is 1.32 bits per heavy atom. The summed E-state index contributed by atoms with van der Waals surface area (Å²) < 4.78 is 0. The van der Waals surface area contributed by atoms with Crippen molar-refractivity contribution in [1.29, 1.82) is 0 Å². The third-order valence-corrected chi connectivity index (χ3v) is 3.86. The number of benzene rings is 2. The maximum atomic E-state index is 11.7. The molecule has 0 atom stereocenters. The van der Waals surface area contributed by atoms with E-state index >= 15 is 0 Å². The molecule has 0 aliphatic heterocycles. The first kappa shape index (κ1) is 15.8. The average molecular weight is 298 g/mol. The maximum absolute atomic E-state index is 11.7. The quantitative estimate of drug-likeness (QED) is 0.770. The van der Waals surface area contributed by atoms with Crippen LogP contribution in [0.3, 0.4) is 0 Å². The summed E-state index contributed by atoms with van der Waals surface area (Å²) in [7, 11) is 0. The van der Waals surface area contributed by atoms with Gasteiger partial charge in [0, 0.05) is 0 Å². The Morgan fingerprint density at radius 1 is 0.818 bits per heavy atom. The lowest BCUT2D eigenvalue weighted by Gasteiger charge is -2.25. The van der Waals surface area contributed by atoms with Crippen LogP contribution in [0.1, 0.15) is 24.0 Å². The third kappa shape index (κ3) is 3.17. The van der Waals surface area contributed by atoms with Gasteiger partial charge in [0.05, 0.1) is 0 Å². The molecule has 0 bridgehead atoms. The molecule has 0 saturated heterocycles. The van der Waals surface area contributed by atoms with Crippen molar-refractivity contribution < 1.29 is 19.8 Å². The number of hydrogen-bond donors (Lipinski definition) is 2. The van der Waals surface area contributed by atoms with Crippen molar-refractivity contribution in [2.75, 3.05) is 0 Å². The number of aliphatic carboxylic acids is 2. The first-order valence-electron chi connectivity index (χ1n) is 7.13. The summed E-state index contributed by atoms with van der Waals surface area (Å²) >= 11 is 0. The summed E-state index contributed by atoms with van der Waals surface area (Å²) in [5, 5.41) is 19.1. The maximum Gasteiger partial charge on any atom is 0.325 e. The van der Waals surface area contributed by atoms with E-state index in [1.807, 2.05) is 30.3 Å². The van der Waals surface area contributed by atoms with Gasteiger partial charge in [-0.2, -0.15) is 0 Å². The average Bonchev–Trinajstić information content (AvgIpc) is 2.53. The molecule has 0 fully saturated rings. The van der Waals surface area contributed by atoms with Crippen molar-refractivity contribution in [3.05, 3.63) is 71.8 Å². The summed E-state index contributed by atoms with van der Waals surface area (Å²) in [5.74, 6) is -2.64. The van der Waals surface area contributed by atoms with Crippen molar-refractivity contribution in [2.45, 2.75) is 24.7 Å². The smallest absolute Gasteiger partial charge is 0.325 e. The predicted molar refractivity (Wildman–Crippen MR) is 82.8 cm³/mol. The fourth-order valence-electron chi connectivity index (χ4n) is 2.62. The van der Waals surface area contributed by atoms with Crippen LogP contribution < -0.4 is 0 Å². The summed E-state index contributed by atoms with van der Waals surface area (Å²) in [6.07, 6.45) is 1.18. The van der Waals surface area contributed by atoms with Gasteiger partial charge in [0.25, 0.3) is 0 Å². The van der Waals surface area contributed by atoms with Gasteiger partial charge < -0.3 is 10.2 Å². The Morgan fingerprint density at radius 3 is 1.82 bits per heavy atom. The van der Waals surface area contributed by atoms with Crippen LogP contribution in [-0.4, -0.2) is 22.2 Å². The first-order valence-corrected chi connectivity index (χ1v) is 7.13. The van der Waals surface area contributed by atoms with Gasteiger partial charge in [-0.15, -0.1) is 0 Å². The molecule has 2 aromatic carbocycles. The molecule has 0 unspecified atom stereocenters. The Bertz CT molecular complexity index is 621. The molecule has 2 aromatic rings. The largest absolute Gasteiger partial charge is 0.480 e. The molecule has 0 aliphatic carbocycles. The summed E-state index contributed by atoms with van der Waals surface area (Å²) in [6, 6.07) is 17.8. The molecule has 114 valence electrons. The Hall–Kier alpha value is -2.62. The first-order chi connectivity index (χ1) is 10.6. The summed E-state index contributed by atoms with van der Waals surface area (Å²) in [6.45, 7) is 0. The molecular weight excluding hydrogens is 280 g/mol. The van der Waals surface area contributed by atoms with Crippen LogP contribution in [0, 0.1) is 0 Å². The fourth-order valence-corrected chi connectivity index (χ4v) is 2.62. The van der Waals surface area contributed by atoms with Crippen molar-refractivity contribution in [1.82, 2.24) is 0 Å². The van der Waals surface area contributed by atoms with Crippen molar-refractivity contribution in [3.63, 3.8) is 0 Å². The van der Waals surface area contributed by atoms with Gasteiger partial charge >= 0.3 is 11.9 Å². The van der Waals surface area contributed by atoms with Gasteiger partial charge in [0.15, 0.2) is 5.41 Å². The molecule has 0 heterocycles. The van der Waals surface area contributed by atoms with Gasteiger partial charge in [0.2, 0.25) is 0 Å². The second kappa shape index (κ2) is 6.89. The number of rotatable bonds is 7. The van der Waals surface area contributed by atoms with E-state index in [0.717, 1.165) is 5.56 Å². The van der Waals surface area contributed by atoms with E-state index in [4.69, 9.17) is 0 Å². The van der Waals surface area contributed by atoms with Crippen molar-refractivity contribution >= 4 is 11.9 Å². The second-order valence-electron chi connectivity index (χ2n) is 5.22. The third-order valence-electron chi connectivity index (χ3n) is 3.86. The highest BCUT2D eigenvalue weighted by molar-refractivity contribution is 6.04. The fraction of sp³-hybridized carbons (Fsp3) is 0.222. The highest BCUT2D eigenvalue weighted by atomic mass is 16.4. The van der Waals surface area contributed by atoms with E-state index in [1.54, 1.807) is 30.3 Å². The normalized spacial score (nSPS) is 11.1. The number of carboxylic acid groups (broad SMARTS) is 2. The zero-order chi connectivity index (χ0) is 16.0. The van der Waals surface area contributed by atoms with Gasteiger partial charge in [-0.1, -0.05) is 60.7 Å². The Kier molecular flexibility index (Phi) is 4.94. The van der Waals surface area contributed by atoms with E-state index in [-0.39, 0.29) is 6.42 Å². The van der Waals surface area contributed by atoms with Crippen LogP contribution >= 0.6 is 0 Å². The monoisotopic (exact) mass is 298 g/mol. The molecule has 2 N–H and O–H groups in total. The predicted octanol–water partition coefficient (Wildman–Crippen LogP) is 3.12. The lowest BCUT2D eigenvalue weighted by Crippen LogP contribution is -2.43. The van der Waals surface area contributed by atoms with E-state index in [0.29, 0.717) is 18.4 Å². The lowest BCUT2D eigenvalue weighted by molar-refractivity contribution is -0.158. The van der Waals surface area contributed by atoms with Crippen LogP contribution in [0.15, 0.2) is 60.7 Å². The molecule has 0 amide bonds. The molecule has 0 aromatic heterocycles. The number of carboxylic acids is 2. The topological polar surface area (TPSA) is 74.6 Å². The summed E-state index contributed by atoms with van der Waals surface area (Å²) in [4.78, 5) is 23.4. The number of carbonyl (C=O) groups is 2. The molecule has 0 saturated carbocycles. The standard InChI is InChI=1S/C18H18O4/c19-16(20)18(17(21)22,15-11-5-2-6-12-15)13-7-10-14-8-3-1-4-9-14/h1-6,8-9,11-12H,7,10,13H2,(H,19,20)(H,21,22). The van der Waals surface area contributed by atoms with Gasteiger partial charge in [-0.05, 0) is 30.4 Å². The highest BCUT2D eigenvalue weighted by Crippen LogP contribution is 2.31. The number of aryl methyl sites for hydroxylation is 1. The number of hydrogen-bond acceptors (Lipinski definition) is 2. The van der Waals surface area contributed by atoms with Crippen LogP contribution in [0.25, 0.3) is 0 Å². The van der Waals surface area contributed by atoms with Crippen LogP contribution in [0.5, 0.6) is 0 Å². The van der Waals surface area contributed by atoms with Crippen LogP contribution in [-0.2, 0) is 21.4 Å². The minimum atomic E-state index is -1.89. The van der Waals surface area contributed by atoms with Gasteiger partial charge in [0.1, 0.15) is 0 Å². The van der Waals surface area contributed by atoms with E-state index in [2.05, 4.69) is 0 Å². The molecule has 4 nitrogen and oxygen atoms in total. The molecule has 0 radical (unpaired) electrons. The second-order valence-corrected chi connectivity index (χ2v) is 5.22. The Labute approximate surface area is 129 Å². The molecule has 22 heavy (non-hydrogen) atoms. The molecule has 4 heteroatoms. The van der Waals surface area contributed by atoms with Crippen molar-refractivity contribution in [3.8, 4) is 0 Å². The molecule has 0 spiro atoms. The molecule has 0 aliphatic rings. The SMILES string of the molecule is O=C(O)C(CCCc1ccccc1)(C(=O)O)c1ccccc1. The van der Waals surface area contributed by atoms with E-state index in [1.165, 1.54) is 0 Å². The van der Waals surface area contributed by atoms with Crippen LogP contribution in [0.4, 0.5) is 0 Å². The van der Waals surface area contributed by atoms with E-state index in [9.17, 15) is 19.8 Å². The lowest BCUT2D eigenvalue weighted by atomic mass is 9.76. The molecular formula is C18H18O4. The zero-order valence-corrected chi connectivity index (χ0v) is 12.1. The van der Waals surface area contributed by atoms with Crippen LogP contribution in [0.2, 0.25) is 0 Å². The van der Waals surface area contributed by atoms with Gasteiger partial charge in [-0.3, -0.25) is 9.59 Å². The van der Waals surface area contributed by atoms with Gasteiger partial charge in [-0.25, -0.2) is 0 Å². The summed E-state index contributed by atoms with van der Waals surface area (Å²) in [5.41, 5.74) is -0.515. The zero-order valence-electron chi connectivity index (χ0n) is 12.1.